The zero-order valence-corrected chi connectivity index (χ0v) is 24.3. The first-order valence-corrected chi connectivity index (χ1v) is 13.5. The van der Waals surface area contributed by atoms with Crippen molar-refractivity contribution in [1.29, 1.82) is 0 Å². The summed E-state index contributed by atoms with van der Waals surface area (Å²) in [6.45, 7) is 5.34. The Balaban J connectivity index is 1.78. The predicted octanol–water partition coefficient (Wildman–Crippen LogP) is 5.90. The molecule has 0 radical (unpaired) electrons. The van der Waals surface area contributed by atoms with E-state index in [2.05, 4.69) is 5.32 Å². The van der Waals surface area contributed by atoms with Crippen molar-refractivity contribution in [3.05, 3.63) is 119 Å². The van der Waals surface area contributed by atoms with Crippen LogP contribution in [0, 0.1) is 5.41 Å². The maximum absolute atomic E-state index is 13.5. The number of aromatic hydroxyl groups is 2. The molecule has 0 fully saturated rings. The van der Waals surface area contributed by atoms with Gasteiger partial charge in [0.05, 0.1) is 17.2 Å². The van der Waals surface area contributed by atoms with Gasteiger partial charge in [-0.3, -0.25) is 14.4 Å². The van der Waals surface area contributed by atoms with Gasteiger partial charge in [-0.25, -0.2) is 0 Å². The number of hydrogen-bond donors (Lipinski definition) is 3. The van der Waals surface area contributed by atoms with E-state index in [0.717, 1.165) is 0 Å². The molecule has 216 valence electrons. The van der Waals surface area contributed by atoms with Gasteiger partial charge < -0.3 is 25.3 Å². The van der Waals surface area contributed by atoms with Crippen LogP contribution in [-0.4, -0.2) is 42.0 Å². The third-order valence-corrected chi connectivity index (χ3v) is 7.02. The molecular weight excluding hydrogens is 530 g/mol. The molecule has 8 nitrogen and oxygen atoms in total. The van der Waals surface area contributed by atoms with Gasteiger partial charge in [0.2, 0.25) is 5.91 Å². The molecule has 8 heteroatoms. The van der Waals surface area contributed by atoms with Gasteiger partial charge in [0.25, 0.3) is 11.8 Å². The Labute approximate surface area is 245 Å². The zero-order chi connectivity index (χ0) is 30.6. The lowest BCUT2D eigenvalue weighted by atomic mass is 9.91. The minimum Gasteiger partial charge on any atom is -0.507 e. The first-order chi connectivity index (χ1) is 19.9. The van der Waals surface area contributed by atoms with E-state index in [4.69, 9.17) is 0 Å². The van der Waals surface area contributed by atoms with Gasteiger partial charge in [-0.05, 0) is 59.7 Å². The third kappa shape index (κ3) is 6.44. The molecule has 0 heterocycles. The molecule has 0 atom stereocenters. The average Bonchev–Trinajstić information content (AvgIpc) is 2.99. The van der Waals surface area contributed by atoms with Crippen LogP contribution < -0.4 is 15.1 Å². The molecule has 4 aromatic carbocycles. The summed E-state index contributed by atoms with van der Waals surface area (Å²) in [5, 5.41) is 24.4. The van der Waals surface area contributed by atoms with Crippen LogP contribution in [-0.2, 0) is 4.79 Å². The highest BCUT2D eigenvalue weighted by Gasteiger charge is 2.28. The highest BCUT2D eigenvalue weighted by molar-refractivity contribution is 6.08. The summed E-state index contributed by atoms with van der Waals surface area (Å²) in [4.78, 5) is 43.0. The number of rotatable bonds is 7. The van der Waals surface area contributed by atoms with E-state index in [1.54, 1.807) is 71.3 Å². The molecule has 0 aliphatic rings. The maximum Gasteiger partial charge on any atom is 0.261 e. The monoisotopic (exact) mass is 565 g/mol. The Morgan fingerprint density at radius 3 is 1.38 bits per heavy atom. The summed E-state index contributed by atoms with van der Waals surface area (Å²) >= 11 is 0. The van der Waals surface area contributed by atoms with Gasteiger partial charge in [-0.1, -0.05) is 69.3 Å². The Kier molecular flexibility index (Phi) is 8.66. The van der Waals surface area contributed by atoms with Gasteiger partial charge in [0.15, 0.2) is 0 Å². The van der Waals surface area contributed by atoms with Crippen LogP contribution in [0.1, 0.15) is 58.7 Å². The summed E-state index contributed by atoms with van der Waals surface area (Å²) in [7, 11) is 3.23. The molecule has 0 aliphatic carbocycles. The Morgan fingerprint density at radius 2 is 1.02 bits per heavy atom. The second-order valence-corrected chi connectivity index (χ2v) is 11.1. The molecule has 0 aromatic heterocycles. The molecule has 3 N–H and O–H groups in total. The molecule has 3 amide bonds. The van der Waals surface area contributed by atoms with Crippen molar-refractivity contribution in [2.24, 2.45) is 5.41 Å². The van der Waals surface area contributed by atoms with E-state index < -0.39 is 23.3 Å². The molecule has 4 rings (SSSR count). The minimum absolute atomic E-state index is 0.0488. The Hall–Kier alpha value is -5.11. The zero-order valence-electron chi connectivity index (χ0n) is 24.3. The molecule has 42 heavy (non-hydrogen) atoms. The first kappa shape index (κ1) is 29.9. The van der Waals surface area contributed by atoms with E-state index in [0.29, 0.717) is 22.5 Å². The van der Waals surface area contributed by atoms with Crippen molar-refractivity contribution in [2.75, 3.05) is 23.9 Å². The quantitative estimate of drug-likeness (QED) is 0.258. The number of nitrogens with zero attached hydrogens (tertiary/aromatic N) is 2. The van der Waals surface area contributed by atoms with E-state index in [1.165, 1.54) is 34.1 Å². The molecular formula is C34H35N3O5. The number of hydrogen-bond acceptors (Lipinski definition) is 5. The second kappa shape index (κ2) is 12.2. The third-order valence-electron chi connectivity index (χ3n) is 7.02. The van der Waals surface area contributed by atoms with Gasteiger partial charge >= 0.3 is 0 Å². The van der Waals surface area contributed by atoms with Crippen molar-refractivity contribution >= 4 is 29.1 Å². The highest BCUT2D eigenvalue weighted by Crippen LogP contribution is 2.32. The summed E-state index contributed by atoms with van der Waals surface area (Å²) in [5.74, 6) is -1.56. The lowest BCUT2D eigenvalue weighted by molar-refractivity contribution is -0.129. The highest BCUT2D eigenvalue weighted by atomic mass is 16.3. The van der Waals surface area contributed by atoms with Crippen LogP contribution in [0.25, 0.3) is 0 Å². The first-order valence-electron chi connectivity index (χ1n) is 13.5. The van der Waals surface area contributed by atoms with Crippen LogP contribution in [0.5, 0.6) is 11.5 Å². The summed E-state index contributed by atoms with van der Waals surface area (Å²) in [6, 6.07) is 26.4. The maximum atomic E-state index is 13.5. The molecule has 0 bridgehead atoms. The number of nitrogens with one attached hydrogen (secondary N) is 1. The largest absolute Gasteiger partial charge is 0.507 e. The lowest BCUT2D eigenvalue weighted by Gasteiger charge is -2.27. The number of amides is 3. The van der Waals surface area contributed by atoms with Crippen molar-refractivity contribution in [2.45, 2.75) is 26.8 Å². The minimum atomic E-state index is -0.805. The fraction of sp³-hybridized carbons (Fsp3) is 0.206. The van der Waals surface area contributed by atoms with Gasteiger partial charge in [-0.15, -0.1) is 0 Å². The summed E-state index contributed by atoms with van der Waals surface area (Å²) in [5.41, 5.74) is 1.67. The molecule has 0 spiro atoms. The number of benzene rings is 4. The fourth-order valence-corrected chi connectivity index (χ4v) is 4.41. The SMILES string of the molecule is CN(C(=O)c1cc(C(NC(=O)C(C)(C)C)c2ccc(O)c(C(=O)N(C)c3ccccc3)c2)ccc1O)c1ccccc1. The molecule has 0 aliphatic heterocycles. The van der Waals surface area contributed by atoms with Crippen molar-refractivity contribution in [3.63, 3.8) is 0 Å². The molecule has 0 saturated carbocycles. The molecule has 0 saturated heterocycles. The molecule has 0 unspecified atom stereocenters. The summed E-state index contributed by atoms with van der Waals surface area (Å²) < 4.78 is 0. The van der Waals surface area contributed by atoms with E-state index >= 15 is 0 Å². The number of phenols is 2. The van der Waals surface area contributed by atoms with Crippen LogP contribution >= 0.6 is 0 Å². The van der Waals surface area contributed by atoms with Gasteiger partial charge in [0, 0.05) is 30.9 Å². The van der Waals surface area contributed by atoms with Crippen molar-refractivity contribution in [1.82, 2.24) is 5.32 Å². The van der Waals surface area contributed by atoms with Gasteiger partial charge in [0.1, 0.15) is 11.5 Å². The smallest absolute Gasteiger partial charge is 0.261 e. The number of carbonyl (C=O) groups excluding carboxylic acids is 3. The normalized spacial score (nSPS) is 11.2. The number of anilines is 2. The topological polar surface area (TPSA) is 110 Å². The standard InChI is InChI=1S/C34H35N3O5/c1-34(2,3)33(42)35-30(22-16-18-28(38)26(20-22)31(40)36(4)24-12-8-6-9-13-24)23-17-19-29(39)27(21-23)32(41)37(5)25-14-10-7-11-15-25/h6-21,30,38-39H,1-5H3,(H,35,42). The van der Waals surface area contributed by atoms with Crippen LogP contribution in [0.4, 0.5) is 11.4 Å². The second-order valence-electron chi connectivity index (χ2n) is 11.1. The van der Waals surface area contributed by atoms with E-state index in [1.807, 2.05) is 36.4 Å². The number of phenolic OH excluding ortho intramolecular Hbond substituents is 2. The van der Waals surface area contributed by atoms with Gasteiger partial charge in [-0.2, -0.15) is 0 Å². The predicted molar refractivity (Wildman–Crippen MR) is 164 cm³/mol. The van der Waals surface area contributed by atoms with E-state index in [-0.39, 0.29) is 28.5 Å². The molecule has 4 aromatic rings. The summed E-state index contributed by atoms with van der Waals surface area (Å²) in [6.07, 6.45) is 0. The lowest BCUT2D eigenvalue weighted by Crippen LogP contribution is -2.38. The average molecular weight is 566 g/mol. The van der Waals surface area contributed by atoms with Crippen LogP contribution in [0.3, 0.4) is 0 Å². The Bertz CT molecular complexity index is 1490. The van der Waals surface area contributed by atoms with Crippen molar-refractivity contribution < 1.29 is 24.6 Å². The Morgan fingerprint density at radius 1 is 0.643 bits per heavy atom. The fourth-order valence-electron chi connectivity index (χ4n) is 4.41. The van der Waals surface area contributed by atoms with Crippen molar-refractivity contribution in [3.8, 4) is 11.5 Å². The van der Waals surface area contributed by atoms with Crippen LogP contribution in [0.2, 0.25) is 0 Å². The van der Waals surface area contributed by atoms with Crippen LogP contribution in [0.15, 0.2) is 97.1 Å². The number of para-hydroxylation sites is 2. The number of carbonyl (C=O) groups is 3. The van der Waals surface area contributed by atoms with E-state index in [9.17, 15) is 24.6 Å².